The molecule has 0 aromatic heterocycles. The van der Waals surface area contributed by atoms with Crippen LogP contribution in [0.2, 0.25) is 0 Å². The van der Waals surface area contributed by atoms with Gasteiger partial charge >= 0.3 is 29.6 Å². The van der Waals surface area contributed by atoms with Crippen molar-refractivity contribution < 1.29 is 51.0 Å². The molecule has 0 saturated carbocycles. The Morgan fingerprint density at radius 3 is 0.851 bits per heavy atom. The van der Waals surface area contributed by atoms with Gasteiger partial charge in [-0.2, -0.15) is 21.9 Å². The van der Waals surface area contributed by atoms with Crippen molar-refractivity contribution in [3.05, 3.63) is 121 Å². The second-order valence-corrected chi connectivity index (χ2v) is 14.1. The van der Waals surface area contributed by atoms with Crippen LogP contribution in [0.25, 0.3) is 0 Å². The van der Waals surface area contributed by atoms with Crippen molar-refractivity contribution in [2.75, 3.05) is 27.7 Å². The molecule has 0 radical (unpaired) electrons. The molecule has 1 nitrogen and oxygen atoms in total. The second-order valence-electron chi connectivity index (χ2n) is 14.1. The molecule has 0 aliphatic heterocycles. The van der Waals surface area contributed by atoms with E-state index in [1.807, 2.05) is 0 Å². The Labute approximate surface area is 322 Å². The van der Waals surface area contributed by atoms with Crippen molar-refractivity contribution in [1.29, 1.82) is 0 Å². The fourth-order valence-corrected chi connectivity index (χ4v) is 6.90. The predicted molar refractivity (Wildman–Crippen MR) is 203 cm³/mol. The molecule has 0 fully saturated rings. The zero-order chi connectivity index (χ0) is 32.1. The minimum atomic E-state index is -1.22. The first-order chi connectivity index (χ1) is 22.0. The summed E-state index contributed by atoms with van der Waals surface area (Å²) >= 11 is 0. The van der Waals surface area contributed by atoms with Crippen LogP contribution in [0, 0.1) is 0 Å². The second kappa shape index (κ2) is 25.4. The van der Waals surface area contributed by atoms with Crippen molar-refractivity contribution in [3.63, 3.8) is 0 Å². The van der Waals surface area contributed by atoms with Crippen LogP contribution in [0.3, 0.4) is 0 Å². The molecular weight excluding hydrogens is 644 g/mol. The molecular formula is C43H62BBrNNa. The monoisotopic (exact) mass is 705 g/mol. The molecule has 0 amide bonds. The first-order valence-corrected chi connectivity index (χ1v) is 18.2. The van der Waals surface area contributed by atoms with Gasteiger partial charge in [0.1, 0.15) is 6.15 Å². The number of benzene rings is 4. The number of nitrogens with zero attached hydrogens (tertiary/aromatic N) is 1. The topological polar surface area (TPSA) is 0 Å². The molecule has 4 aromatic carbocycles. The van der Waals surface area contributed by atoms with Crippen LogP contribution in [-0.2, 0) is 0 Å². The number of hydrogen-bond donors (Lipinski definition) is 0. The van der Waals surface area contributed by atoms with Crippen LogP contribution in [-0.4, -0.2) is 38.3 Å². The minimum Gasteiger partial charge on any atom is -1.00 e. The summed E-state index contributed by atoms with van der Waals surface area (Å²) in [6, 6.07) is 43.5. The fraction of sp³-hybridized carbons (Fsp3) is 0.442. The van der Waals surface area contributed by atoms with Gasteiger partial charge in [0, 0.05) is 0 Å². The third kappa shape index (κ3) is 15.6. The molecule has 0 spiro atoms. The quantitative estimate of drug-likeness (QED) is 0.0799. The van der Waals surface area contributed by atoms with Gasteiger partial charge < -0.3 is 21.5 Å². The summed E-state index contributed by atoms with van der Waals surface area (Å²) in [5.74, 6) is 0. The minimum absolute atomic E-state index is 0. The van der Waals surface area contributed by atoms with Gasteiger partial charge in [-0.1, -0.05) is 205 Å². The van der Waals surface area contributed by atoms with E-state index in [1.54, 1.807) is 0 Å². The van der Waals surface area contributed by atoms with Crippen LogP contribution < -0.4 is 68.4 Å². The Kier molecular flexibility index (Phi) is 23.4. The van der Waals surface area contributed by atoms with Crippen LogP contribution in [0.1, 0.15) is 96.8 Å². The Balaban J connectivity index is 0.000000464. The predicted octanol–water partition coefficient (Wildman–Crippen LogP) is 3.25. The SMILES string of the molecule is CCCCCCCCCCCCCCCC[N+](C)(C)C.[Br-].[Na+].c1ccc([B-](c2ccccc2)(c2ccccc2)c2ccccc2)cc1. The molecule has 0 saturated heterocycles. The van der Waals surface area contributed by atoms with Gasteiger partial charge in [-0.3, -0.25) is 0 Å². The number of rotatable bonds is 19. The Morgan fingerprint density at radius 1 is 0.383 bits per heavy atom. The van der Waals surface area contributed by atoms with Crippen molar-refractivity contribution in [3.8, 4) is 0 Å². The summed E-state index contributed by atoms with van der Waals surface area (Å²) in [5, 5.41) is 0. The van der Waals surface area contributed by atoms with Crippen LogP contribution >= 0.6 is 0 Å². The molecule has 0 heterocycles. The van der Waals surface area contributed by atoms with Crippen molar-refractivity contribution >= 4 is 28.0 Å². The number of quaternary nitrogens is 1. The normalized spacial score (nSPS) is 11.1. The van der Waals surface area contributed by atoms with E-state index in [1.165, 1.54) is 118 Å². The standard InChI is InChI=1S/C24H20B.C19H42N.BrH.Na/c1-5-13-21(14-6-1)25(22-15-7-2-8-16-22,23-17-9-3-10-18-23)24-19-11-4-12-20-24;1-5-6-7-8-9-10-11-12-13-14-15-16-17-18-19-20(2,3)4;;/h1-20H;5-19H2,1-4H3;1H;/q-1;+1;;+1/p-1. The zero-order valence-corrected chi connectivity index (χ0v) is 34.1. The maximum absolute atomic E-state index is 2.29. The molecule has 0 unspecified atom stereocenters. The van der Waals surface area contributed by atoms with Crippen LogP contribution in [0.4, 0.5) is 0 Å². The Hall–Kier alpha value is -1.62. The molecule has 47 heavy (non-hydrogen) atoms. The molecule has 4 aromatic rings. The fourth-order valence-electron chi connectivity index (χ4n) is 6.90. The third-order valence-electron chi connectivity index (χ3n) is 9.38. The number of unbranched alkanes of at least 4 members (excludes halogenated alkanes) is 13. The van der Waals surface area contributed by atoms with Gasteiger partial charge in [0.2, 0.25) is 0 Å². The first kappa shape index (κ1) is 43.4. The van der Waals surface area contributed by atoms with Gasteiger partial charge in [0.15, 0.2) is 0 Å². The van der Waals surface area contributed by atoms with Gasteiger partial charge in [-0.15, -0.1) is 0 Å². The molecule has 0 N–H and O–H groups in total. The maximum atomic E-state index is 2.29. The maximum Gasteiger partial charge on any atom is 1.00 e. The van der Waals surface area contributed by atoms with Gasteiger partial charge in [0.25, 0.3) is 0 Å². The summed E-state index contributed by atoms with van der Waals surface area (Å²) in [6.45, 7) is 3.63. The summed E-state index contributed by atoms with van der Waals surface area (Å²) in [6.07, 6.45) is 19.2. The summed E-state index contributed by atoms with van der Waals surface area (Å²) in [7, 11) is 6.88. The van der Waals surface area contributed by atoms with Gasteiger partial charge in [-0.05, 0) is 12.8 Å². The van der Waals surface area contributed by atoms with E-state index in [0.717, 1.165) is 4.48 Å². The van der Waals surface area contributed by atoms with Crippen molar-refractivity contribution in [1.82, 2.24) is 0 Å². The molecule has 0 aliphatic rings. The van der Waals surface area contributed by atoms with Gasteiger partial charge in [0.05, 0.1) is 27.7 Å². The van der Waals surface area contributed by atoms with Crippen molar-refractivity contribution in [2.24, 2.45) is 0 Å². The molecule has 0 atom stereocenters. The average molecular weight is 707 g/mol. The molecule has 0 aliphatic carbocycles. The molecule has 4 heteroatoms. The number of halogens is 1. The largest absolute Gasteiger partial charge is 1.00 e. The summed E-state index contributed by atoms with van der Waals surface area (Å²) in [4.78, 5) is 0. The van der Waals surface area contributed by atoms with E-state index >= 15 is 0 Å². The number of hydrogen-bond acceptors (Lipinski definition) is 0. The van der Waals surface area contributed by atoms with E-state index in [9.17, 15) is 0 Å². The molecule has 250 valence electrons. The van der Waals surface area contributed by atoms with Gasteiger partial charge in [-0.25, -0.2) is 0 Å². The van der Waals surface area contributed by atoms with E-state index in [-0.39, 0.29) is 46.5 Å². The summed E-state index contributed by atoms with van der Waals surface area (Å²) < 4.78 is 1.12. The van der Waals surface area contributed by atoms with E-state index in [4.69, 9.17) is 0 Å². The summed E-state index contributed by atoms with van der Waals surface area (Å²) in [5.41, 5.74) is 5.36. The van der Waals surface area contributed by atoms with Crippen molar-refractivity contribution in [2.45, 2.75) is 96.8 Å². The Bertz CT molecular complexity index is 1100. The third-order valence-corrected chi connectivity index (χ3v) is 9.38. The smallest absolute Gasteiger partial charge is 1.00 e. The molecule has 0 bridgehead atoms. The average Bonchev–Trinajstić information content (AvgIpc) is 3.07. The zero-order valence-electron chi connectivity index (χ0n) is 30.6. The van der Waals surface area contributed by atoms with Crippen LogP contribution in [0.5, 0.6) is 0 Å². The van der Waals surface area contributed by atoms with E-state index < -0.39 is 6.15 Å². The first-order valence-electron chi connectivity index (χ1n) is 18.2. The Morgan fingerprint density at radius 2 is 0.617 bits per heavy atom. The van der Waals surface area contributed by atoms with E-state index in [2.05, 4.69) is 149 Å². The van der Waals surface area contributed by atoms with Crippen LogP contribution in [0.15, 0.2) is 121 Å². The van der Waals surface area contributed by atoms with E-state index in [0.29, 0.717) is 0 Å². The molecule has 4 rings (SSSR count).